The number of hydrogen-bond donors (Lipinski definition) is 1. The molecule has 2 atom stereocenters. The lowest BCUT2D eigenvalue weighted by molar-refractivity contribution is -0.122. The predicted molar refractivity (Wildman–Crippen MR) is 76.5 cm³/mol. The van der Waals surface area contributed by atoms with Crippen molar-refractivity contribution >= 4 is 5.91 Å². The molecule has 1 aromatic carbocycles. The molecule has 1 N–H and O–H groups in total. The van der Waals surface area contributed by atoms with Crippen molar-refractivity contribution in [2.24, 2.45) is 5.92 Å². The summed E-state index contributed by atoms with van der Waals surface area (Å²) in [6, 6.07) is 10.6. The van der Waals surface area contributed by atoms with Crippen molar-refractivity contribution in [3.63, 3.8) is 0 Å². The number of benzene rings is 1. The summed E-state index contributed by atoms with van der Waals surface area (Å²) >= 11 is 0. The maximum absolute atomic E-state index is 12.0. The summed E-state index contributed by atoms with van der Waals surface area (Å²) < 4.78 is 0. The van der Waals surface area contributed by atoms with Crippen LogP contribution in [0.15, 0.2) is 30.3 Å². The molecule has 1 amide bonds. The fourth-order valence-corrected chi connectivity index (χ4v) is 2.07. The van der Waals surface area contributed by atoms with Crippen molar-refractivity contribution in [3.8, 4) is 0 Å². The van der Waals surface area contributed by atoms with Crippen LogP contribution in [-0.2, 0) is 4.79 Å². The Kier molecular flexibility index (Phi) is 5.90. The van der Waals surface area contributed by atoms with Crippen molar-refractivity contribution in [3.05, 3.63) is 35.9 Å². The van der Waals surface area contributed by atoms with Crippen LogP contribution in [0.2, 0.25) is 0 Å². The van der Waals surface area contributed by atoms with Crippen LogP contribution in [-0.4, -0.2) is 11.9 Å². The van der Waals surface area contributed by atoms with Crippen molar-refractivity contribution in [2.45, 2.75) is 52.5 Å². The quantitative estimate of drug-likeness (QED) is 0.815. The minimum Gasteiger partial charge on any atom is -0.354 e. The van der Waals surface area contributed by atoms with Crippen LogP contribution >= 0.6 is 0 Å². The van der Waals surface area contributed by atoms with E-state index in [9.17, 15) is 4.79 Å². The van der Waals surface area contributed by atoms with Crippen molar-refractivity contribution in [1.29, 1.82) is 0 Å². The third-order valence-electron chi connectivity index (χ3n) is 3.46. The highest BCUT2D eigenvalue weighted by atomic mass is 16.1. The Balaban J connectivity index is 2.67. The second-order valence-electron chi connectivity index (χ2n) is 5.34. The van der Waals surface area contributed by atoms with Gasteiger partial charge in [0.05, 0.1) is 0 Å². The van der Waals surface area contributed by atoms with Gasteiger partial charge in [-0.2, -0.15) is 0 Å². The second kappa shape index (κ2) is 7.20. The minimum atomic E-state index is 0.159. The van der Waals surface area contributed by atoms with Crippen LogP contribution in [0, 0.1) is 5.92 Å². The Morgan fingerprint density at radius 2 is 1.78 bits per heavy atom. The summed E-state index contributed by atoms with van der Waals surface area (Å²) in [4.78, 5) is 12.0. The van der Waals surface area contributed by atoms with Gasteiger partial charge in [0.25, 0.3) is 0 Å². The van der Waals surface area contributed by atoms with Gasteiger partial charge in [0.2, 0.25) is 5.91 Å². The summed E-state index contributed by atoms with van der Waals surface area (Å²) in [5.74, 6) is 0.928. The fraction of sp³-hybridized carbons (Fsp3) is 0.562. The van der Waals surface area contributed by atoms with E-state index in [-0.39, 0.29) is 11.9 Å². The molecule has 2 unspecified atom stereocenters. The molecule has 0 spiro atoms. The SMILES string of the molecule is CCC(C)NC(=O)CC(c1ccccc1)C(C)C. The lowest BCUT2D eigenvalue weighted by Crippen LogP contribution is -2.33. The van der Waals surface area contributed by atoms with Gasteiger partial charge in [0.1, 0.15) is 0 Å². The highest BCUT2D eigenvalue weighted by Crippen LogP contribution is 2.27. The maximum atomic E-state index is 12.0. The zero-order chi connectivity index (χ0) is 13.5. The van der Waals surface area contributed by atoms with Gasteiger partial charge in [-0.3, -0.25) is 4.79 Å². The summed E-state index contributed by atoms with van der Waals surface area (Å²) in [6.07, 6.45) is 1.55. The number of hydrogen-bond acceptors (Lipinski definition) is 1. The lowest BCUT2D eigenvalue weighted by Gasteiger charge is -2.22. The van der Waals surface area contributed by atoms with Crippen LogP contribution in [0.4, 0.5) is 0 Å². The third-order valence-corrected chi connectivity index (χ3v) is 3.46. The van der Waals surface area contributed by atoms with E-state index in [4.69, 9.17) is 0 Å². The smallest absolute Gasteiger partial charge is 0.220 e. The van der Waals surface area contributed by atoms with E-state index < -0.39 is 0 Å². The average molecular weight is 247 g/mol. The molecule has 0 aliphatic rings. The molecule has 1 aromatic rings. The van der Waals surface area contributed by atoms with E-state index in [2.05, 4.69) is 38.2 Å². The van der Waals surface area contributed by atoms with Crippen LogP contribution in [0.1, 0.15) is 52.0 Å². The van der Waals surface area contributed by atoms with Gasteiger partial charge >= 0.3 is 0 Å². The van der Waals surface area contributed by atoms with E-state index in [1.54, 1.807) is 0 Å². The Hall–Kier alpha value is -1.31. The average Bonchev–Trinajstić information content (AvgIpc) is 2.36. The zero-order valence-corrected chi connectivity index (χ0v) is 11.9. The van der Waals surface area contributed by atoms with Gasteiger partial charge in [-0.25, -0.2) is 0 Å². The molecule has 0 aliphatic carbocycles. The van der Waals surface area contributed by atoms with E-state index in [1.807, 2.05) is 25.1 Å². The molecule has 0 aliphatic heterocycles. The Bertz CT molecular complexity index is 359. The van der Waals surface area contributed by atoms with Crippen LogP contribution in [0.25, 0.3) is 0 Å². The Labute approximate surface area is 111 Å². The first-order chi connectivity index (χ1) is 8.54. The molecule has 0 radical (unpaired) electrons. The fourth-order valence-electron chi connectivity index (χ4n) is 2.07. The molecular formula is C16H25NO. The summed E-state index contributed by atoms with van der Waals surface area (Å²) in [5.41, 5.74) is 1.26. The number of rotatable bonds is 6. The van der Waals surface area contributed by atoms with Gasteiger partial charge < -0.3 is 5.32 Å². The molecular weight excluding hydrogens is 222 g/mol. The molecule has 0 bridgehead atoms. The highest BCUT2D eigenvalue weighted by Gasteiger charge is 2.19. The molecule has 0 aromatic heterocycles. The van der Waals surface area contributed by atoms with Crippen LogP contribution in [0.5, 0.6) is 0 Å². The largest absolute Gasteiger partial charge is 0.354 e. The van der Waals surface area contributed by atoms with E-state index in [1.165, 1.54) is 5.56 Å². The Morgan fingerprint density at radius 3 is 2.28 bits per heavy atom. The molecule has 100 valence electrons. The molecule has 2 nitrogen and oxygen atoms in total. The van der Waals surface area contributed by atoms with Crippen molar-refractivity contribution < 1.29 is 4.79 Å². The van der Waals surface area contributed by atoms with Gasteiger partial charge in [0.15, 0.2) is 0 Å². The van der Waals surface area contributed by atoms with Crippen LogP contribution in [0.3, 0.4) is 0 Å². The van der Waals surface area contributed by atoms with Gasteiger partial charge in [0, 0.05) is 12.5 Å². The molecule has 0 heterocycles. The molecule has 0 saturated heterocycles. The number of nitrogens with one attached hydrogen (secondary N) is 1. The topological polar surface area (TPSA) is 29.1 Å². The van der Waals surface area contributed by atoms with Gasteiger partial charge in [-0.15, -0.1) is 0 Å². The number of amides is 1. The predicted octanol–water partition coefficient (Wildman–Crippen LogP) is 3.73. The molecule has 0 fully saturated rings. The second-order valence-corrected chi connectivity index (χ2v) is 5.34. The van der Waals surface area contributed by atoms with Crippen molar-refractivity contribution in [2.75, 3.05) is 0 Å². The first kappa shape index (κ1) is 14.7. The molecule has 18 heavy (non-hydrogen) atoms. The molecule has 1 rings (SSSR count). The van der Waals surface area contributed by atoms with Gasteiger partial charge in [-0.1, -0.05) is 51.1 Å². The molecule has 0 saturated carbocycles. The summed E-state index contributed by atoms with van der Waals surface area (Å²) in [7, 11) is 0. The lowest BCUT2D eigenvalue weighted by atomic mass is 9.85. The maximum Gasteiger partial charge on any atom is 0.220 e. The zero-order valence-electron chi connectivity index (χ0n) is 11.9. The monoisotopic (exact) mass is 247 g/mol. The molecule has 2 heteroatoms. The van der Waals surface area contributed by atoms with Gasteiger partial charge in [-0.05, 0) is 30.7 Å². The van der Waals surface area contributed by atoms with E-state index in [0.29, 0.717) is 18.3 Å². The standard InChI is InChI=1S/C16H25NO/c1-5-13(4)17-16(18)11-15(12(2)3)14-9-7-6-8-10-14/h6-10,12-13,15H,5,11H2,1-4H3,(H,17,18). The first-order valence-electron chi connectivity index (χ1n) is 6.88. The van der Waals surface area contributed by atoms with E-state index in [0.717, 1.165) is 6.42 Å². The van der Waals surface area contributed by atoms with Crippen LogP contribution < -0.4 is 5.32 Å². The minimum absolute atomic E-state index is 0.159. The normalized spacial score (nSPS) is 14.3. The number of carbonyl (C=O) groups is 1. The number of carbonyl (C=O) groups excluding carboxylic acids is 1. The van der Waals surface area contributed by atoms with E-state index >= 15 is 0 Å². The first-order valence-corrected chi connectivity index (χ1v) is 6.88. The summed E-state index contributed by atoms with van der Waals surface area (Å²) in [6.45, 7) is 8.48. The third kappa shape index (κ3) is 4.52. The van der Waals surface area contributed by atoms with Crippen molar-refractivity contribution in [1.82, 2.24) is 5.32 Å². The summed E-state index contributed by atoms with van der Waals surface area (Å²) in [5, 5.41) is 3.05. The highest BCUT2D eigenvalue weighted by molar-refractivity contribution is 5.77. The Morgan fingerprint density at radius 1 is 1.17 bits per heavy atom.